The van der Waals surface area contributed by atoms with Crippen molar-refractivity contribution in [3.05, 3.63) is 75.6 Å². The van der Waals surface area contributed by atoms with Crippen LogP contribution in [-0.2, 0) is 16.0 Å². The maximum atomic E-state index is 12.6. The summed E-state index contributed by atoms with van der Waals surface area (Å²) in [5.74, 6) is -1.54. The van der Waals surface area contributed by atoms with Crippen molar-refractivity contribution in [2.45, 2.75) is 45.6 Å². The number of aliphatic carboxylic acids is 1. The number of carbonyl (C=O) groups is 2. The van der Waals surface area contributed by atoms with E-state index in [-0.39, 0.29) is 6.61 Å². The summed E-state index contributed by atoms with van der Waals surface area (Å²) in [6.45, 7) is 3.44. The first kappa shape index (κ1) is 23.1. The molecule has 2 aromatic carbocycles. The lowest BCUT2D eigenvalue weighted by molar-refractivity contribution is -0.308. The molecule has 0 unspecified atom stereocenters. The molecule has 3 rings (SSSR count). The van der Waals surface area contributed by atoms with Gasteiger partial charge in [-0.3, -0.25) is 4.79 Å². The Morgan fingerprint density at radius 1 is 1.16 bits per heavy atom. The van der Waals surface area contributed by atoms with E-state index in [9.17, 15) is 19.5 Å². The van der Waals surface area contributed by atoms with Crippen LogP contribution in [0.1, 0.15) is 42.9 Å². The molecule has 1 aromatic heterocycles. The van der Waals surface area contributed by atoms with Crippen LogP contribution in [0.25, 0.3) is 11.0 Å². The smallest absolute Gasteiger partial charge is 0.340 e. The van der Waals surface area contributed by atoms with Gasteiger partial charge in [0.25, 0.3) is 5.91 Å². The van der Waals surface area contributed by atoms with Crippen LogP contribution in [0.4, 0.5) is 0 Å². The molecule has 1 atom stereocenters. The van der Waals surface area contributed by atoms with Gasteiger partial charge in [0.15, 0.2) is 6.61 Å². The zero-order chi connectivity index (χ0) is 23.1. The number of benzene rings is 2. The summed E-state index contributed by atoms with van der Waals surface area (Å²) in [6.07, 6.45) is 2.25. The van der Waals surface area contributed by atoms with Crippen LogP contribution in [0.15, 0.2) is 57.7 Å². The standard InChI is InChI=1S/C25H27NO6/c1-3-4-10-21(24(28)29)26-23(27)15-31-18-11-12-19-16(2)20(25(30)32-22(19)14-18)13-17-8-6-5-7-9-17/h5-9,11-12,14,21H,3-4,10,13,15H2,1-2H3,(H,26,27)(H,28,29)/p-1/t21-/m0/s1. The Morgan fingerprint density at radius 3 is 2.59 bits per heavy atom. The zero-order valence-corrected chi connectivity index (χ0v) is 18.2. The fourth-order valence-electron chi connectivity index (χ4n) is 3.51. The van der Waals surface area contributed by atoms with Crippen molar-refractivity contribution < 1.29 is 23.8 Å². The molecule has 0 saturated heterocycles. The highest BCUT2D eigenvalue weighted by Crippen LogP contribution is 2.25. The van der Waals surface area contributed by atoms with Gasteiger partial charge in [0, 0.05) is 23.4 Å². The van der Waals surface area contributed by atoms with Crippen molar-refractivity contribution >= 4 is 22.8 Å². The minimum absolute atomic E-state index is 0.302. The SMILES string of the molecule is CCCC[C@H](NC(=O)COc1ccc2c(C)c(Cc3ccccc3)c(=O)oc2c1)C(=O)[O-]. The maximum Gasteiger partial charge on any atom is 0.340 e. The molecule has 7 heteroatoms. The lowest BCUT2D eigenvalue weighted by atomic mass is 10.00. The third-order valence-electron chi connectivity index (χ3n) is 5.32. The summed E-state index contributed by atoms with van der Waals surface area (Å²) < 4.78 is 11.0. The highest BCUT2D eigenvalue weighted by molar-refractivity contribution is 5.84. The Balaban J connectivity index is 1.71. The average Bonchev–Trinajstić information content (AvgIpc) is 2.78. The number of carboxylic acids is 1. The molecule has 168 valence electrons. The Bertz CT molecular complexity index is 1150. The minimum Gasteiger partial charge on any atom is -0.548 e. The van der Waals surface area contributed by atoms with Gasteiger partial charge < -0.3 is 24.4 Å². The molecular formula is C25H26NO6-. The molecule has 1 amide bonds. The lowest BCUT2D eigenvalue weighted by Crippen LogP contribution is -2.49. The first-order valence-electron chi connectivity index (χ1n) is 10.6. The number of carboxylic acid groups (broad SMARTS) is 1. The summed E-state index contributed by atoms with van der Waals surface area (Å²) in [5, 5.41) is 14.3. The van der Waals surface area contributed by atoms with Gasteiger partial charge >= 0.3 is 5.63 Å². The van der Waals surface area contributed by atoms with Gasteiger partial charge in [0.2, 0.25) is 0 Å². The van der Waals surface area contributed by atoms with Gasteiger partial charge in [0.1, 0.15) is 11.3 Å². The van der Waals surface area contributed by atoms with Gasteiger partial charge in [0.05, 0.1) is 12.0 Å². The average molecular weight is 436 g/mol. The molecule has 7 nitrogen and oxygen atoms in total. The molecule has 32 heavy (non-hydrogen) atoms. The molecule has 1 heterocycles. The Labute approximate surface area is 186 Å². The van der Waals surface area contributed by atoms with Gasteiger partial charge in [-0.05, 0) is 36.6 Å². The first-order chi connectivity index (χ1) is 15.4. The van der Waals surface area contributed by atoms with Gasteiger partial charge in [-0.25, -0.2) is 4.79 Å². The Morgan fingerprint density at radius 2 is 1.91 bits per heavy atom. The van der Waals surface area contributed by atoms with E-state index in [1.807, 2.05) is 44.2 Å². The van der Waals surface area contributed by atoms with Crippen molar-refractivity contribution in [3.8, 4) is 5.75 Å². The van der Waals surface area contributed by atoms with E-state index in [0.717, 1.165) is 22.9 Å². The van der Waals surface area contributed by atoms with Crippen molar-refractivity contribution in [3.63, 3.8) is 0 Å². The number of aryl methyl sites for hydroxylation is 1. The second kappa shape index (κ2) is 10.6. The third kappa shape index (κ3) is 5.75. The number of ether oxygens (including phenoxy) is 1. The molecule has 0 bridgehead atoms. The van der Waals surface area contributed by atoms with Gasteiger partial charge in [-0.1, -0.05) is 50.1 Å². The van der Waals surface area contributed by atoms with Crippen LogP contribution >= 0.6 is 0 Å². The largest absolute Gasteiger partial charge is 0.548 e. The van der Waals surface area contributed by atoms with Crippen molar-refractivity contribution in [1.82, 2.24) is 5.32 Å². The minimum atomic E-state index is -1.32. The fourth-order valence-corrected chi connectivity index (χ4v) is 3.51. The van der Waals surface area contributed by atoms with Crippen molar-refractivity contribution in [1.29, 1.82) is 0 Å². The predicted octanol–water partition coefficient (Wildman–Crippen LogP) is 2.50. The summed E-state index contributed by atoms with van der Waals surface area (Å²) in [5.41, 5.74) is 2.38. The summed E-state index contributed by atoms with van der Waals surface area (Å²) in [6, 6.07) is 13.6. The maximum absolute atomic E-state index is 12.6. The molecule has 0 aliphatic carbocycles. The van der Waals surface area contributed by atoms with E-state index in [2.05, 4.69) is 5.32 Å². The van der Waals surface area contributed by atoms with Crippen LogP contribution in [0.2, 0.25) is 0 Å². The molecular weight excluding hydrogens is 410 g/mol. The Kier molecular flexibility index (Phi) is 7.65. The quantitative estimate of drug-likeness (QED) is 0.489. The summed E-state index contributed by atoms with van der Waals surface area (Å²) >= 11 is 0. The number of rotatable bonds is 10. The van der Waals surface area contributed by atoms with E-state index in [1.54, 1.807) is 18.2 Å². The topological polar surface area (TPSA) is 109 Å². The summed E-state index contributed by atoms with van der Waals surface area (Å²) in [4.78, 5) is 35.8. The highest BCUT2D eigenvalue weighted by atomic mass is 16.5. The highest BCUT2D eigenvalue weighted by Gasteiger charge is 2.15. The molecule has 1 N–H and O–H groups in total. The molecule has 0 aliphatic rings. The Hall–Kier alpha value is -3.61. The molecule has 0 spiro atoms. The van der Waals surface area contributed by atoms with E-state index in [1.165, 1.54) is 0 Å². The first-order valence-corrected chi connectivity index (χ1v) is 10.6. The molecule has 0 saturated carbocycles. The second-order valence-corrected chi connectivity index (χ2v) is 7.68. The lowest BCUT2D eigenvalue weighted by Gasteiger charge is -2.19. The van der Waals surface area contributed by atoms with Crippen LogP contribution in [0, 0.1) is 6.92 Å². The monoisotopic (exact) mass is 436 g/mol. The van der Waals surface area contributed by atoms with E-state index in [0.29, 0.717) is 36.2 Å². The van der Waals surface area contributed by atoms with E-state index < -0.39 is 23.5 Å². The van der Waals surface area contributed by atoms with Gasteiger partial charge in [-0.15, -0.1) is 0 Å². The number of carbonyl (C=O) groups excluding carboxylic acids is 2. The molecule has 0 radical (unpaired) electrons. The molecule has 0 fully saturated rings. The van der Waals surface area contributed by atoms with Crippen molar-refractivity contribution in [2.75, 3.05) is 6.61 Å². The normalized spacial score (nSPS) is 11.8. The van der Waals surface area contributed by atoms with E-state index in [4.69, 9.17) is 9.15 Å². The molecule has 3 aromatic rings. The zero-order valence-electron chi connectivity index (χ0n) is 18.2. The third-order valence-corrected chi connectivity index (χ3v) is 5.32. The number of amides is 1. The fraction of sp³-hybridized carbons (Fsp3) is 0.320. The second-order valence-electron chi connectivity index (χ2n) is 7.68. The van der Waals surface area contributed by atoms with Crippen LogP contribution in [0.5, 0.6) is 5.75 Å². The summed E-state index contributed by atoms with van der Waals surface area (Å²) in [7, 11) is 0. The van der Waals surface area contributed by atoms with Crippen LogP contribution in [0.3, 0.4) is 0 Å². The number of hydrogen-bond donors (Lipinski definition) is 1. The van der Waals surface area contributed by atoms with Crippen LogP contribution < -0.4 is 20.8 Å². The number of fused-ring (bicyclic) bond motifs is 1. The van der Waals surface area contributed by atoms with Crippen molar-refractivity contribution in [2.24, 2.45) is 0 Å². The van der Waals surface area contributed by atoms with E-state index >= 15 is 0 Å². The van der Waals surface area contributed by atoms with Gasteiger partial charge in [-0.2, -0.15) is 0 Å². The number of hydrogen-bond acceptors (Lipinski definition) is 6. The molecule has 0 aliphatic heterocycles. The number of nitrogens with one attached hydrogen (secondary N) is 1. The predicted molar refractivity (Wildman–Crippen MR) is 118 cm³/mol. The number of unbranched alkanes of at least 4 members (excludes halogenated alkanes) is 1. The van der Waals surface area contributed by atoms with Crippen LogP contribution in [-0.4, -0.2) is 24.5 Å².